The van der Waals surface area contributed by atoms with Gasteiger partial charge in [0.1, 0.15) is 5.76 Å². The Morgan fingerprint density at radius 1 is 1.25 bits per heavy atom. The van der Waals surface area contributed by atoms with E-state index in [1.807, 2.05) is 18.2 Å². The van der Waals surface area contributed by atoms with E-state index in [0.717, 1.165) is 4.47 Å². The first kappa shape index (κ1) is 18.1. The highest BCUT2D eigenvalue weighted by atomic mass is 79.9. The Kier molecular flexibility index (Phi) is 6.87. The zero-order valence-corrected chi connectivity index (χ0v) is 14.9. The predicted molar refractivity (Wildman–Crippen MR) is 93.5 cm³/mol. The van der Waals surface area contributed by atoms with Crippen molar-refractivity contribution in [3.05, 3.63) is 52.9 Å². The third-order valence-electron chi connectivity index (χ3n) is 3.22. The van der Waals surface area contributed by atoms with Gasteiger partial charge in [0.25, 0.3) is 0 Å². The summed E-state index contributed by atoms with van der Waals surface area (Å²) < 4.78 is 11.0. The second-order valence-corrected chi connectivity index (χ2v) is 5.82. The highest BCUT2D eigenvalue weighted by molar-refractivity contribution is 9.10. The molecule has 0 aliphatic rings. The number of benzene rings is 1. The van der Waals surface area contributed by atoms with Crippen LogP contribution in [0.25, 0.3) is 0 Å². The number of nitrogens with one attached hydrogen (secondary N) is 1. The maximum absolute atomic E-state index is 12.6. The summed E-state index contributed by atoms with van der Waals surface area (Å²) in [7, 11) is 0. The van der Waals surface area contributed by atoms with Crippen molar-refractivity contribution in [3.63, 3.8) is 0 Å². The predicted octanol–water partition coefficient (Wildman–Crippen LogP) is 4.03. The summed E-state index contributed by atoms with van der Waals surface area (Å²) in [6.45, 7) is 2.57. The minimum atomic E-state index is -0.337. The Hall–Kier alpha value is -2.28. The van der Waals surface area contributed by atoms with E-state index in [1.54, 1.807) is 31.4 Å². The number of rotatable bonds is 7. The van der Waals surface area contributed by atoms with E-state index >= 15 is 0 Å². The minimum Gasteiger partial charge on any atom is -0.467 e. The molecule has 2 amide bonds. The molecule has 0 saturated carbocycles. The number of carbonyl (C=O) groups is 2. The summed E-state index contributed by atoms with van der Waals surface area (Å²) in [5.41, 5.74) is 0.656. The number of hydrogen-bond donors (Lipinski definition) is 1. The quantitative estimate of drug-likeness (QED) is 0.719. The molecule has 0 atom stereocenters. The van der Waals surface area contributed by atoms with Crippen LogP contribution in [0.2, 0.25) is 0 Å². The largest absolute Gasteiger partial charge is 0.467 e. The Bertz CT molecular complexity index is 673. The van der Waals surface area contributed by atoms with E-state index in [9.17, 15) is 9.59 Å². The Morgan fingerprint density at radius 3 is 2.71 bits per heavy atom. The van der Waals surface area contributed by atoms with Crippen molar-refractivity contribution in [2.24, 2.45) is 0 Å². The van der Waals surface area contributed by atoms with Crippen molar-refractivity contribution >= 4 is 33.6 Å². The van der Waals surface area contributed by atoms with E-state index in [0.29, 0.717) is 18.1 Å². The van der Waals surface area contributed by atoms with Crippen molar-refractivity contribution in [3.8, 4) is 0 Å². The number of furan rings is 1. The van der Waals surface area contributed by atoms with Gasteiger partial charge in [-0.3, -0.25) is 4.79 Å². The molecule has 1 heterocycles. The number of halogens is 1. The Morgan fingerprint density at radius 2 is 2.04 bits per heavy atom. The molecule has 0 saturated heterocycles. The van der Waals surface area contributed by atoms with Gasteiger partial charge in [-0.2, -0.15) is 0 Å². The molecular formula is C17H19BrN2O4. The number of urea groups is 1. The molecule has 0 fully saturated rings. The fraction of sp³-hybridized carbons (Fsp3) is 0.294. The van der Waals surface area contributed by atoms with Crippen molar-refractivity contribution < 1.29 is 18.7 Å². The first-order valence-corrected chi connectivity index (χ1v) is 8.38. The molecule has 0 spiro atoms. The van der Waals surface area contributed by atoms with Gasteiger partial charge in [0.05, 0.1) is 31.5 Å². The summed E-state index contributed by atoms with van der Waals surface area (Å²) in [6.07, 6.45) is 1.67. The first-order chi connectivity index (χ1) is 11.6. The van der Waals surface area contributed by atoms with Crippen molar-refractivity contribution in [1.82, 2.24) is 4.90 Å². The Labute approximate surface area is 148 Å². The molecule has 24 heavy (non-hydrogen) atoms. The van der Waals surface area contributed by atoms with Gasteiger partial charge in [-0.15, -0.1) is 0 Å². The van der Waals surface area contributed by atoms with Gasteiger partial charge in [-0.1, -0.05) is 12.1 Å². The summed E-state index contributed by atoms with van der Waals surface area (Å²) in [6, 6.07) is 10.5. The fourth-order valence-electron chi connectivity index (χ4n) is 2.06. The lowest BCUT2D eigenvalue weighted by Crippen LogP contribution is -2.36. The van der Waals surface area contributed by atoms with Crippen LogP contribution in [0.5, 0.6) is 0 Å². The molecule has 0 radical (unpaired) electrons. The molecular weight excluding hydrogens is 376 g/mol. The topological polar surface area (TPSA) is 71.8 Å². The monoisotopic (exact) mass is 394 g/mol. The molecule has 6 nitrogen and oxygen atoms in total. The molecule has 0 unspecified atom stereocenters. The van der Waals surface area contributed by atoms with Crippen molar-refractivity contribution in [2.45, 2.75) is 19.9 Å². The van der Waals surface area contributed by atoms with Gasteiger partial charge in [0, 0.05) is 11.0 Å². The maximum Gasteiger partial charge on any atom is 0.322 e. The van der Waals surface area contributed by atoms with Crippen LogP contribution in [0.3, 0.4) is 0 Å². The number of hydrogen-bond acceptors (Lipinski definition) is 4. The molecule has 2 aromatic rings. The zero-order valence-electron chi connectivity index (χ0n) is 13.3. The fourth-order valence-corrected chi connectivity index (χ4v) is 2.44. The smallest absolute Gasteiger partial charge is 0.322 e. The average Bonchev–Trinajstić information content (AvgIpc) is 3.07. The van der Waals surface area contributed by atoms with Crippen molar-refractivity contribution in [1.29, 1.82) is 0 Å². The van der Waals surface area contributed by atoms with Crippen molar-refractivity contribution in [2.75, 3.05) is 18.5 Å². The molecule has 1 aromatic heterocycles. The lowest BCUT2D eigenvalue weighted by Gasteiger charge is -2.22. The van der Waals surface area contributed by atoms with E-state index in [4.69, 9.17) is 9.15 Å². The molecule has 7 heteroatoms. The number of nitrogens with zero attached hydrogens (tertiary/aromatic N) is 1. The van der Waals surface area contributed by atoms with E-state index < -0.39 is 0 Å². The molecule has 0 bridgehead atoms. The van der Waals surface area contributed by atoms with E-state index in [2.05, 4.69) is 21.2 Å². The van der Waals surface area contributed by atoms with Crippen LogP contribution >= 0.6 is 15.9 Å². The molecule has 1 aromatic carbocycles. The van der Waals surface area contributed by atoms with Gasteiger partial charge in [-0.25, -0.2) is 4.79 Å². The number of ether oxygens (including phenoxy) is 1. The maximum atomic E-state index is 12.6. The van der Waals surface area contributed by atoms with Crippen LogP contribution in [-0.4, -0.2) is 30.1 Å². The minimum absolute atomic E-state index is 0.123. The standard InChI is InChI=1S/C17H19BrN2O4/c1-2-23-16(21)9-10-20(12-13-6-5-11-24-13)17(22)19-15-8-4-3-7-14(15)18/h3-8,11H,2,9-10,12H2,1H3,(H,19,22). The number of carbonyl (C=O) groups excluding carboxylic acids is 2. The molecule has 0 aliphatic heterocycles. The molecule has 2 rings (SSSR count). The summed E-state index contributed by atoms with van der Waals surface area (Å²) >= 11 is 3.39. The SMILES string of the molecule is CCOC(=O)CCN(Cc1ccco1)C(=O)Nc1ccccc1Br. The molecule has 128 valence electrons. The summed E-state index contributed by atoms with van der Waals surface area (Å²) in [5, 5.41) is 2.82. The second-order valence-electron chi connectivity index (χ2n) is 4.97. The van der Waals surface area contributed by atoms with Gasteiger partial charge in [0.15, 0.2) is 0 Å². The number of para-hydroxylation sites is 1. The average molecular weight is 395 g/mol. The zero-order chi connectivity index (χ0) is 17.4. The highest BCUT2D eigenvalue weighted by Gasteiger charge is 2.18. The van der Waals surface area contributed by atoms with Gasteiger partial charge >= 0.3 is 12.0 Å². The van der Waals surface area contributed by atoms with Crippen LogP contribution < -0.4 is 5.32 Å². The van der Waals surface area contributed by atoms with Gasteiger partial charge in [-0.05, 0) is 47.1 Å². The first-order valence-electron chi connectivity index (χ1n) is 7.58. The Balaban J connectivity index is 2.04. The van der Waals surface area contributed by atoms with E-state index in [1.165, 1.54) is 4.90 Å². The van der Waals surface area contributed by atoms with Crippen LogP contribution in [0.4, 0.5) is 10.5 Å². The molecule has 0 aliphatic carbocycles. The van der Waals surface area contributed by atoms with Crippen LogP contribution in [-0.2, 0) is 16.1 Å². The lowest BCUT2D eigenvalue weighted by atomic mass is 10.3. The highest BCUT2D eigenvalue weighted by Crippen LogP contribution is 2.22. The van der Waals surface area contributed by atoms with E-state index in [-0.39, 0.29) is 31.5 Å². The number of anilines is 1. The van der Waals surface area contributed by atoms with Crippen LogP contribution in [0, 0.1) is 0 Å². The second kappa shape index (κ2) is 9.12. The lowest BCUT2D eigenvalue weighted by molar-refractivity contribution is -0.143. The van der Waals surface area contributed by atoms with Crippen LogP contribution in [0.15, 0.2) is 51.6 Å². The third kappa shape index (κ3) is 5.42. The number of esters is 1. The normalized spacial score (nSPS) is 10.2. The van der Waals surface area contributed by atoms with Gasteiger partial charge < -0.3 is 19.4 Å². The van der Waals surface area contributed by atoms with Crippen LogP contribution in [0.1, 0.15) is 19.1 Å². The summed E-state index contributed by atoms with van der Waals surface area (Å²) in [5.74, 6) is 0.303. The number of amides is 2. The molecule has 1 N–H and O–H groups in total. The summed E-state index contributed by atoms with van der Waals surface area (Å²) in [4.78, 5) is 25.6. The van der Waals surface area contributed by atoms with Gasteiger partial charge in [0.2, 0.25) is 0 Å². The third-order valence-corrected chi connectivity index (χ3v) is 3.91.